The van der Waals surface area contributed by atoms with E-state index in [1.165, 1.54) is 4.88 Å². The van der Waals surface area contributed by atoms with E-state index in [2.05, 4.69) is 9.88 Å². The van der Waals surface area contributed by atoms with Crippen LogP contribution in [-0.2, 0) is 6.54 Å². The van der Waals surface area contributed by atoms with Gasteiger partial charge in [-0.3, -0.25) is 4.90 Å². The number of nitrogens with two attached hydrogens (primary N) is 1. The molecule has 1 atom stereocenters. The van der Waals surface area contributed by atoms with E-state index < -0.39 is 6.10 Å². The molecule has 0 spiro atoms. The van der Waals surface area contributed by atoms with Gasteiger partial charge >= 0.3 is 0 Å². The fourth-order valence-electron chi connectivity index (χ4n) is 2.98. The molecule has 1 unspecified atom stereocenters. The number of nitrogens with zero attached hydrogens (tertiary/aromatic N) is 2. The lowest BCUT2D eigenvalue weighted by atomic mass is 9.87. The van der Waals surface area contributed by atoms with Crippen molar-refractivity contribution in [3.8, 4) is 0 Å². The van der Waals surface area contributed by atoms with Gasteiger partial charge in [0, 0.05) is 22.6 Å². The van der Waals surface area contributed by atoms with Crippen LogP contribution in [0.25, 0.3) is 0 Å². The Morgan fingerprint density at radius 3 is 2.52 bits per heavy atom. The Kier molecular flexibility index (Phi) is 6.68. The number of hydrogen-bond donors (Lipinski definition) is 2. The predicted octanol–water partition coefficient (Wildman–Crippen LogP) is 3.75. The molecule has 0 radical (unpaired) electrons. The highest BCUT2D eigenvalue weighted by molar-refractivity contribution is 7.15. The summed E-state index contributed by atoms with van der Waals surface area (Å²) in [6.07, 6.45) is 3.45. The number of aliphatic hydroxyl groups is 1. The van der Waals surface area contributed by atoms with Gasteiger partial charge in [-0.2, -0.15) is 0 Å². The zero-order valence-corrected chi connectivity index (χ0v) is 15.1. The normalized spacial score (nSPS) is 17.7. The zero-order chi connectivity index (χ0) is 15.5. The minimum Gasteiger partial charge on any atom is -0.388 e. The van der Waals surface area contributed by atoms with E-state index >= 15 is 0 Å². The molecule has 0 aliphatic carbocycles. The second-order valence-corrected chi connectivity index (χ2v) is 7.36. The van der Waals surface area contributed by atoms with Crippen LogP contribution < -0.4 is 5.73 Å². The third kappa shape index (κ3) is 4.81. The van der Waals surface area contributed by atoms with Crippen LogP contribution in [0.15, 0.2) is 30.5 Å². The minimum absolute atomic E-state index is 0. The molecule has 1 fully saturated rings. The summed E-state index contributed by atoms with van der Waals surface area (Å²) in [5.74, 6) is 0.309. The van der Waals surface area contributed by atoms with Crippen LogP contribution in [0.1, 0.15) is 29.4 Å². The summed E-state index contributed by atoms with van der Waals surface area (Å²) in [5.41, 5.74) is 6.62. The van der Waals surface area contributed by atoms with Gasteiger partial charge in [-0.1, -0.05) is 23.7 Å². The minimum atomic E-state index is -0.404. The summed E-state index contributed by atoms with van der Waals surface area (Å²) < 4.78 is 0. The Labute approximate surface area is 151 Å². The molecule has 3 N–H and O–H groups in total. The summed E-state index contributed by atoms with van der Waals surface area (Å²) in [6, 6.07) is 7.51. The molecule has 0 amide bonds. The van der Waals surface area contributed by atoms with Crippen LogP contribution in [0.4, 0.5) is 5.13 Å². The molecule has 2 heterocycles. The number of hydrogen-bond acceptors (Lipinski definition) is 5. The summed E-state index contributed by atoms with van der Waals surface area (Å²) in [4.78, 5) is 7.69. The van der Waals surface area contributed by atoms with Gasteiger partial charge in [0.15, 0.2) is 5.13 Å². The van der Waals surface area contributed by atoms with Crippen molar-refractivity contribution in [1.82, 2.24) is 9.88 Å². The van der Waals surface area contributed by atoms with E-state index in [0.29, 0.717) is 16.1 Å². The van der Waals surface area contributed by atoms with Crippen LogP contribution in [0.5, 0.6) is 0 Å². The van der Waals surface area contributed by atoms with Crippen molar-refractivity contribution < 1.29 is 5.11 Å². The summed E-state index contributed by atoms with van der Waals surface area (Å²) in [7, 11) is 0. The van der Waals surface area contributed by atoms with Gasteiger partial charge in [0.05, 0.1) is 6.10 Å². The Morgan fingerprint density at radius 2 is 1.96 bits per heavy atom. The molecule has 23 heavy (non-hydrogen) atoms. The number of rotatable bonds is 4. The maximum Gasteiger partial charge on any atom is 0.180 e. The molecule has 1 saturated heterocycles. The molecule has 2 aromatic rings. The second-order valence-electron chi connectivity index (χ2n) is 5.77. The first-order chi connectivity index (χ1) is 10.6. The van der Waals surface area contributed by atoms with Crippen LogP contribution in [0.3, 0.4) is 0 Å². The smallest absolute Gasteiger partial charge is 0.180 e. The van der Waals surface area contributed by atoms with Crippen molar-refractivity contribution in [1.29, 1.82) is 0 Å². The highest BCUT2D eigenvalue weighted by Crippen LogP contribution is 2.32. The van der Waals surface area contributed by atoms with E-state index in [1.807, 2.05) is 30.5 Å². The monoisotopic (exact) mass is 373 g/mol. The third-order valence-electron chi connectivity index (χ3n) is 4.24. The first-order valence-corrected chi connectivity index (χ1v) is 8.67. The fraction of sp³-hybridized carbons (Fsp3) is 0.438. The lowest BCUT2D eigenvalue weighted by Crippen LogP contribution is -2.35. The molecule has 1 aromatic heterocycles. The van der Waals surface area contributed by atoms with Crippen molar-refractivity contribution in [3.63, 3.8) is 0 Å². The molecular formula is C16H21Cl2N3OS. The lowest BCUT2D eigenvalue weighted by molar-refractivity contribution is 0.0570. The quantitative estimate of drug-likeness (QED) is 0.856. The SMILES string of the molecule is Cl.Nc1ncc(CN2CCC(C(O)c3ccc(Cl)cc3)CC2)s1. The maximum absolute atomic E-state index is 10.5. The van der Waals surface area contributed by atoms with Gasteiger partial charge in [0.25, 0.3) is 0 Å². The van der Waals surface area contributed by atoms with Crippen LogP contribution in [0.2, 0.25) is 5.02 Å². The largest absolute Gasteiger partial charge is 0.388 e. The number of piperidine rings is 1. The van der Waals surface area contributed by atoms with Crippen LogP contribution in [0, 0.1) is 5.92 Å². The second kappa shape index (κ2) is 8.31. The lowest BCUT2D eigenvalue weighted by Gasteiger charge is -2.34. The first kappa shape index (κ1) is 18.5. The van der Waals surface area contributed by atoms with E-state index in [1.54, 1.807) is 11.3 Å². The number of aliphatic hydroxyl groups excluding tert-OH is 1. The molecule has 126 valence electrons. The van der Waals surface area contributed by atoms with Gasteiger partial charge in [-0.05, 0) is 49.5 Å². The molecular weight excluding hydrogens is 353 g/mol. The highest BCUT2D eigenvalue weighted by Gasteiger charge is 2.26. The Morgan fingerprint density at radius 1 is 1.30 bits per heavy atom. The van der Waals surface area contributed by atoms with Crippen molar-refractivity contribution in [2.75, 3.05) is 18.8 Å². The average molecular weight is 374 g/mol. The number of benzene rings is 1. The van der Waals surface area contributed by atoms with Crippen molar-refractivity contribution in [3.05, 3.63) is 45.9 Å². The van der Waals surface area contributed by atoms with Crippen molar-refractivity contribution in [2.45, 2.75) is 25.5 Å². The number of likely N-dealkylation sites (tertiary alicyclic amines) is 1. The Balaban J connectivity index is 0.00000192. The number of nitrogen functional groups attached to an aromatic ring is 1. The summed E-state index contributed by atoms with van der Waals surface area (Å²) in [6.45, 7) is 2.89. The predicted molar refractivity (Wildman–Crippen MR) is 98.2 cm³/mol. The highest BCUT2D eigenvalue weighted by atomic mass is 35.5. The molecule has 1 aliphatic rings. The van der Waals surface area contributed by atoms with E-state index in [9.17, 15) is 5.11 Å². The topological polar surface area (TPSA) is 62.4 Å². The standard InChI is InChI=1S/C16H20ClN3OS.ClH/c17-13-3-1-11(2-4-13)15(21)12-5-7-20(8-6-12)10-14-9-19-16(18)22-14;/h1-4,9,12,15,21H,5-8,10H2,(H2,18,19);1H. The van der Waals surface area contributed by atoms with Crippen LogP contribution in [-0.4, -0.2) is 28.1 Å². The van der Waals surface area contributed by atoms with Crippen molar-refractivity contribution >= 4 is 40.5 Å². The summed E-state index contributed by atoms with van der Waals surface area (Å²) in [5, 5.41) is 11.9. The van der Waals surface area contributed by atoms with Gasteiger partial charge in [-0.25, -0.2) is 4.98 Å². The molecule has 0 bridgehead atoms. The number of halogens is 2. The fourth-order valence-corrected chi connectivity index (χ4v) is 3.83. The molecule has 1 aromatic carbocycles. The average Bonchev–Trinajstić information content (AvgIpc) is 2.93. The van der Waals surface area contributed by atoms with Gasteiger partial charge in [-0.15, -0.1) is 23.7 Å². The molecule has 7 heteroatoms. The number of aromatic nitrogens is 1. The van der Waals surface area contributed by atoms with E-state index in [0.717, 1.165) is 38.0 Å². The number of anilines is 1. The van der Waals surface area contributed by atoms with Gasteiger partial charge in [0.1, 0.15) is 0 Å². The van der Waals surface area contributed by atoms with Gasteiger partial charge in [0.2, 0.25) is 0 Å². The van der Waals surface area contributed by atoms with E-state index in [4.69, 9.17) is 17.3 Å². The zero-order valence-electron chi connectivity index (χ0n) is 12.7. The molecule has 0 saturated carbocycles. The third-order valence-corrected chi connectivity index (χ3v) is 5.30. The maximum atomic E-state index is 10.5. The molecule has 4 nitrogen and oxygen atoms in total. The van der Waals surface area contributed by atoms with Crippen molar-refractivity contribution in [2.24, 2.45) is 5.92 Å². The molecule has 3 rings (SSSR count). The first-order valence-electron chi connectivity index (χ1n) is 7.48. The number of thiazole rings is 1. The van der Waals surface area contributed by atoms with Crippen LogP contribution >= 0.6 is 35.3 Å². The Hall–Kier alpha value is -0.850. The molecule has 1 aliphatic heterocycles. The van der Waals surface area contributed by atoms with E-state index in [-0.39, 0.29) is 12.4 Å². The van der Waals surface area contributed by atoms with Gasteiger partial charge < -0.3 is 10.8 Å². The Bertz CT molecular complexity index is 612. The summed E-state index contributed by atoms with van der Waals surface area (Å²) >= 11 is 7.45.